The smallest absolute Gasteiger partial charge is 0.227 e. The lowest BCUT2D eigenvalue weighted by Gasteiger charge is -2.29. The average Bonchev–Trinajstić information content (AvgIpc) is 3.63. The van der Waals surface area contributed by atoms with E-state index in [9.17, 15) is 0 Å². The van der Waals surface area contributed by atoms with Crippen molar-refractivity contribution in [2.75, 3.05) is 0 Å². The molecule has 0 N–H and O–H groups in total. The van der Waals surface area contributed by atoms with E-state index in [-0.39, 0.29) is 17.4 Å². The second kappa shape index (κ2) is 14.3. The summed E-state index contributed by atoms with van der Waals surface area (Å²) in [6.45, 7) is 23.4. The molecule has 0 spiro atoms. The highest BCUT2D eigenvalue weighted by molar-refractivity contribution is 6.09. The van der Waals surface area contributed by atoms with Crippen molar-refractivity contribution in [2.45, 2.75) is 97.4 Å². The van der Waals surface area contributed by atoms with Crippen molar-refractivity contribution >= 4 is 27.8 Å². The van der Waals surface area contributed by atoms with Gasteiger partial charge in [0.05, 0.1) is 16.8 Å². The lowest BCUT2D eigenvalue weighted by atomic mass is 9.79. The fraction of sp³-hybridized carbons (Fsp3) is 0.268. The van der Waals surface area contributed by atoms with Crippen LogP contribution in [0, 0.1) is 6.92 Å². The van der Waals surface area contributed by atoms with Gasteiger partial charge in [-0.25, -0.2) is 4.98 Å². The maximum absolute atomic E-state index is 7.15. The van der Waals surface area contributed by atoms with Crippen LogP contribution in [-0.2, 0) is 11.8 Å². The van der Waals surface area contributed by atoms with Crippen LogP contribution in [0.15, 0.2) is 139 Å². The van der Waals surface area contributed by atoms with E-state index in [2.05, 4.69) is 192 Å². The van der Waals surface area contributed by atoms with E-state index in [1.165, 1.54) is 61.3 Å². The number of fused-ring (bicyclic) bond motifs is 13. The lowest BCUT2D eigenvalue weighted by Crippen LogP contribution is -2.50. The van der Waals surface area contributed by atoms with E-state index in [1.54, 1.807) is 0 Å². The van der Waals surface area contributed by atoms with Crippen LogP contribution < -0.4 is 9.13 Å². The van der Waals surface area contributed by atoms with E-state index < -0.39 is 0 Å². The second-order valence-electron chi connectivity index (χ2n) is 18.9. The molecule has 60 heavy (non-hydrogen) atoms. The zero-order valence-electron chi connectivity index (χ0n) is 36.3. The number of aromatic nitrogens is 3. The Kier molecular flexibility index (Phi) is 9.06. The summed E-state index contributed by atoms with van der Waals surface area (Å²) in [6, 6.07) is 42.7. The van der Waals surface area contributed by atoms with Gasteiger partial charge in [-0.2, -0.15) is 9.13 Å². The van der Waals surface area contributed by atoms with Gasteiger partial charge in [0, 0.05) is 46.5 Å². The van der Waals surface area contributed by atoms with E-state index in [0.717, 1.165) is 51.8 Å². The van der Waals surface area contributed by atoms with E-state index in [0.29, 0.717) is 17.5 Å². The van der Waals surface area contributed by atoms with Crippen LogP contribution in [0.1, 0.15) is 112 Å². The first kappa shape index (κ1) is 38.1. The van der Waals surface area contributed by atoms with Gasteiger partial charge in [-0.15, -0.1) is 0 Å². The standard InChI is InChI=1S/C56H55N3O/c1-33(2)44-30-39(37-17-11-10-12-18-37)31-45(34(3)4)53(44)47-26-25-43-42-24-22-38-23-27-49-51(41-20-14-13-19-40(41)48-21-15-16-28-58(48)49)36(6)59-32-46(56(7,8)9)35(5)29-50(59)52(38)54(42)60-55(43)57-47/h10-22,24-26,28-34,49,51H,6,23,27H2,1-5,7-9H3/q+2. The van der Waals surface area contributed by atoms with Gasteiger partial charge in [-0.3, -0.25) is 0 Å². The zero-order valence-corrected chi connectivity index (χ0v) is 36.3. The molecule has 0 aliphatic carbocycles. The number of benzene rings is 4. The van der Waals surface area contributed by atoms with Gasteiger partial charge < -0.3 is 4.42 Å². The highest BCUT2D eigenvalue weighted by Crippen LogP contribution is 2.48. The molecule has 298 valence electrons. The average molecular weight is 786 g/mol. The predicted octanol–water partition coefficient (Wildman–Crippen LogP) is 13.8. The molecule has 0 saturated carbocycles. The van der Waals surface area contributed by atoms with Gasteiger partial charge in [-0.05, 0) is 100 Å². The Morgan fingerprint density at radius 2 is 1.43 bits per heavy atom. The quantitative estimate of drug-likeness (QED) is 0.167. The molecule has 4 nitrogen and oxygen atoms in total. The monoisotopic (exact) mass is 785 g/mol. The molecule has 0 fully saturated rings. The van der Waals surface area contributed by atoms with E-state index in [4.69, 9.17) is 16.0 Å². The highest BCUT2D eigenvalue weighted by Gasteiger charge is 2.46. The Balaban J connectivity index is 1.21. The van der Waals surface area contributed by atoms with Crippen LogP contribution in [-0.4, -0.2) is 4.98 Å². The summed E-state index contributed by atoms with van der Waals surface area (Å²) >= 11 is 0. The van der Waals surface area contributed by atoms with Gasteiger partial charge in [0.15, 0.2) is 29.7 Å². The normalized spacial score (nSPS) is 16.2. The van der Waals surface area contributed by atoms with Gasteiger partial charge >= 0.3 is 0 Å². The Morgan fingerprint density at radius 1 is 0.733 bits per heavy atom. The van der Waals surface area contributed by atoms with Crippen molar-refractivity contribution in [3.8, 4) is 44.9 Å². The van der Waals surface area contributed by atoms with Crippen molar-refractivity contribution in [3.63, 3.8) is 0 Å². The lowest BCUT2D eigenvalue weighted by molar-refractivity contribution is -0.720. The minimum absolute atomic E-state index is 0.0620. The van der Waals surface area contributed by atoms with Crippen LogP contribution in [0.25, 0.3) is 72.7 Å². The molecule has 6 heterocycles. The molecule has 0 amide bonds. The molecule has 10 rings (SSSR count). The number of hydrogen-bond donors (Lipinski definition) is 0. The maximum Gasteiger partial charge on any atom is 0.227 e. The van der Waals surface area contributed by atoms with E-state index in [1.807, 2.05) is 0 Å². The van der Waals surface area contributed by atoms with Gasteiger partial charge in [0.2, 0.25) is 17.1 Å². The molecule has 0 radical (unpaired) electrons. The molecule has 4 aromatic carbocycles. The second-order valence-corrected chi connectivity index (χ2v) is 18.9. The van der Waals surface area contributed by atoms with Gasteiger partial charge in [-0.1, -0.05) is 121 Å². The van der Waals surface area contributed by atoms with Crippen molar-refractivity contribution in [2.24, 2.45) is 0 Å². The molecule has 0 bridgehead atoms. The summed E-state index contributed by atoms with van der Waals surface area (Å²) in [5.41, 5.74) is 19.9. The number of nitrogens with zero attached hydrogens (tertiary/aromatic N) is 3. The summed E-state index contributed by atoms with van der Waals surface area (Å²) in [4.78, 5) is 5.43. The zero-order chi connectivity index (χ0) is 41.6. The topological polar surface area (TPSA) is 33.8 Å². The Morgan fingerprint density at radius 3 is 2.17 bits per heavy atom. The van der Waals surface area contributed by atoms with Crippen molar-refractivity contribution in [1.29, 1.82) is 0 Å². The molecule has 8 aromatic rings. The minimum atomic E-state index is -0.0620. The minimum Gasteiger partial charge on any atom is -0.437 e. The first-order chi connectivity index (χ1) is 28.9. The molecule has 2 atom stereocenters. The molecule has 2 aliphatic heterocycles. The Labute approximate surface area is 354 Å². The number of aryl methyl sites for hydroxylation is 2. The first-order valence-electron chi connectivity index (χ1n) is 21.8. The highest BCUT2D eigenvalue weighted by atomic mass is 16.3. The largest absolute Gasteiger partial charge is 0.437 e. The Bertz CT molecular complexity index is 2980. The molecule has 4 heteroatoms. The molecular weight excluding hydrogens is 731 g/mol. The summed E-state index contributed by atoms with van der Waals surface area (Å²) in [6.07, 6.45) is 6.50. The number of allylic oxidation sites excluding steroid dienone is 1. The third-order valence-electron chi connectivity index (χ3n) is 13.3. The third-order valence-corrected chi connectivity index (χ3v) is 13.3. The fourth-order valence-corrected chi connectivity index (χ4v) is 10.5. The maximum atomic E-state index is 7.15. The summed E-state index contributed by atoms with van der Waals surface area (Å²) in [5, 5.41) is 2.13. The van der Waals surface area contributed by atoms with Gasteiger partial charge in [0.1, 0.15) is 5.92 Å². The molecule has 2 unspecified atom stereocenters. The van der Waals surface area contributed by atoms with Crippen LogP contribution in [0.5, 0.6) is 0 Å². The number of hydrogen-bond acceptors (Lipinski definition) is 2. The van der Waals surface area contributed by atoms with E-state index >= 15 is 0 Å². The molecular formula is C56H55N3O+2. The van der Waals surface area contributed by atoms with Crippen molar-refractivity contribution < 1.29 is 13.6 Å². The summed E-state index contributed by atoms with van der Waals surface area (Å²) in [5.74, 6) is 0.687. The van der Waals surface area contributed by atoms with Crippen molar-refractivity contribution in [1.82, 2.24) is 4.98 Å². The van der Waals surface area contributed by atoms with Crippen molar-refractivity contribution in [3.05, 3.63) is 168 Å². The SMILES string of the molecule is C=C1C2c3ccccc3-c3cccc[n+]3C2CCc2ccc3c(oc4nc(-c5c(C(C)C)cc(-c6ccccc6)cc5C(C)C)ccc43)c2-c2cc(C)c(C(C)(C)C)c[n+]21. The fourth-order valence-electron chi connectivity index (χ4n) is 10.5. The molecule has 0 saturated heterocycles. The van der Waals surface area contributed by atoms with Crippen LogP contribution in [0.2, 0.25) is 0 Å². The van der Waals surface area contributed by atoms with Crippen LogP contribution >= 0.6 is 0 Å². The summed E-state index contributed by atoms with van der Waals surface area (Å²) in [7, 11) is 0. The summed E-state index contributed by atoms with van der Waals surface area (Å²) < 4.78 is 12.1. The predicted molar refractivity (Wildman–Crippen MR) is 247 cm³/mol. The Hall–Kier alpha value is -6.13. The number of furan rings is 1. The number of pyridine rings is 3. The first-order valence-corrected chi connectivity index (χ1v) is 21.8. The number of rotatable bonds is 4. The van der Waals surface area contributed by atoms with Crippen LogP contribution in [0.3, 0.4) is 0 Å². The molecule has 2 aliphatic rings. The van der Waals surface area contributed by atoms with Crippen LogP contribution in [0.4, 0.5) is 0 Å². The molecule has 4 aromatic heterocycles. The third kappa shape index (κ3) is 6.06. The van der Waals surface area contributed by atoms with Gasteiger partial charge in [0.25, 0.3) is 0 Å².